The highest BCUT2D eigenvalue weighted by molar-refractivity contribution is 5.34. The Morgan fingerprint density at radius 2 is 2.11 bits per heavy atom. The first-order valence-electron chi connectivity index (χ1n) is 6.34. The molecule has 3 nitrogen and oxygen atoms in total. The largest absolute Gasteiger partial charge is 0.330 e. The summed E-state index contributed by atoms with van der Waals surface area (Å²) in [6.45, 7) is 3.61. The van der Waals surface area contributed by atoms with Crippen molar-refractivity contribution in [1.82, 2.24) is 4.90 Å². The van der Waals surface area contributed by atoms with Gasteiger partial charge in [-0.05, 0) is 56.1 Å². The minimum atomic E-state index is -0.442. The van der Waals surface area contributed by atoms with Crippen molar-refractivity contribution in [1.29, 1.82) is 5.26 Å². The second kappa shape index (κ2) is 5.94. The maximum Gasteiger partial charge on any atom is 0.140 e. The summed E-state index contributed by atoms with van der Waals surface area (Å²) < 4.78 is 13.2. The van der Waals surface area contributed by atoms with Crippen LogP contribution in [-0.2, 0) is 6.54 Å². The lowest BCUT2D eigenvalue weighted by Crippen LogP contribution is -2.35. The molecule has 0 atom stereocenters. The monoisotopic (exact) mass is 247 g/mol. The molecular formula is C14H18FN3. The zero-order chi connectivity index (χ0) is 13.0. The van der Waals surface area contributed by atoms with Crippen LogP contribution < -0.4 is 5.73 Å². The SMILES string of the molecule is N#Cc1cc(CN2CCC(CN)CC2)ccc1F. The topological polar surface area (TPSA) is 53.0 Å². The molecule has 0 saturated carbocycles. The summed E-state index contributed by atoms with van der Waals surface area (Å²) in [4.78, 5) is 2.33. The molecule has 1 aliphatic heterocycles. The standard InChI is InChI=1S/C14H18FN3/c15-14-2-1-12(7-13(14)9-17)10-18-5-3-11(8-16)4-6-18/h1-2,7,11H,3-6,8,10,16H2. The van der Waals surface area contributed by atoms with E-state index in [0.717, 1.165) is 44.6 Å². The predicted octanol–water partition coefficient (Wildman–Crippen LogP) is 1.87. The fourth-order valence-electron chi connectivity index (χ4n) is 2.39. The number of halogens is 1. The van der Waals surface area contributed by atoms with Crippen molar-refractivity contribution in [3.05, 3.63) is 35.1 Å². The third-order valence-corrected chi connectivity index (χ3v) is 3.60. The molecule has 96 valence electrons. The first-order chi connectivity index (χ1) is 8.72. The lowest BCUT2D eigenvalue weighted by Gasteiger charge is -2.31. The van der Waals surface area contributed by atoms with E-state index in [4.69, 9.17) is 11.0 Å². The van der Waals surface area contributed by atoms with Crippen LogP contribution in [0.2, 0.25) is 0 Å². The zero-order valence-electron chi connectivity index (χ0n) is 10.4. The average molecular weight is 247 g/mol. The van der Waals surface area contributed by atoms with Gasteiger partial charge in [0.1, 0.15) is 11.9 Å². The van der Waals surface area contributed by atoms with Crippen LogP contribution in [0.15, 0.2) is 18.2 Å². The van der Waals surface area contributed by atoms with Crippen molar-refractivity contribution >= 4 is 0 Å². The van der Waals surface area contributed by atoms with E-state index in [2.05, 4.69) is 4.90 Å². The van der Waals surface area contributed by atoms with E-state index < -0.39 is 5.82 Å². The summed E-state index contributed by atoms with van der Waals surface area (Å²) in [6, 6.07) is 6.65. The molecule has 4 heteroatoms. The van der Waals surface area contributed by atoms with Gasteiger partial charge >= 0.3 is 0 Å². The Morgan fingerprint density at radius 1 is 1.39 bits per heavy atom. The quantitative estimate of drug-likeness (QED) is 0.887. The average Bonchev–Trinajstić information content (AvgIpc) is 2.42. The second-order valence-corrected chi connectivity index (χ2v) is 4.88. The van der Waals surface area contributed by atoms with Gasteiger partial charge in [-0.15, -0.1) is 0 Å². The van der Waals surface area contributed by atoms with Crippen LogP contribution in [0.5, 0.6) is 0 Å². The lowest BCUT2D eigenvalue weighted by molar-refractivity contribution is 0.180. The van der Waals surface area contributed by atoms with Crippen LogP contribution in [0.3, 0.4) is 0 Å². The number of benzene rings is 1. The van der Waals surface area contributed by atoms with Crippen LogP contribution in [0.25, 0.3) is 0 Å². The summed E-state index contributed by atoms with van der Waals surface area (Å²) in [5, 5.41) is 8.80. The minimum Gasteiger partial charge on any atom is -0.330 e. The smallest absolute Gasteiger partial charge is 0.140 e. The molecule has 2 rings (SSSR count). The molecule has 0 amide bonds. The number of piperidine rings is 1. The summed E-state index contributed by atoms with van der Waals surface area (Å²) >= 11 is 0. The van der Waals surface area contributed by atoms with Gasteiger partial charge in [0, 0.05) is 6.54 Å². The third kappa shape index (κ3) is 3.06. The summed E-state index contributed by atoms with van der Waals surface area (Å²) in [5.74, 6) is 0.201. The van der Waals surface area contributed by atoms with E-state index in [0.29, 0.717) is 5.92 Å². The van der Waals surface area contributed by atoms with Gasteiger partial charge in [0.25, 0.3) is 0 Å². The van der Waals surface area contributed by atoms with E-state index in [-0.39, 0.29) is 5.56 Å². The van der Waals surface area contributed by atoms with Gasteiger partial charge in [-0.3, -0.25) is 4.90 Å². The third-order valence-electron chi connectivity index (χ3n) is 3.60. The fourth-order valence-corrected chi connectivity index (χ4v) is 2.39. The molecule has 1 saturated heterocycles. The van der Waals surface area contributed by atoms with Crippen LogP contribution in [0.4, 0.5) is 4.39 Å². The number of nitriles is 1. The van der Waals surface area contributed by atoms with Crippen LogP contribution in [0.1, 0.15) is 24.0 Å². The molecule has 0 aliphatic carbocycles. The molecule has 2 N–H and O–H groups in total. The molecular weight excluding hydrogens is 229 g/mol. The van der Waals surface area contributed by atoms with Crippen molar-refractivity contribution < 1.29 is 4.39 Å². The van der Waals surface area contributed by atoms with E-state index in [1.165, 1.54) is 6.07 Å². The van der Waals surface area contributed by atoms with Crippen LogP contribution in [-0.4, -0.2) is 24.5 Å². The van der Waals surface area contributed by atoms with Gasteiger partial charge in [0.15, 0.2) is 0 Å². The molecule has 18 heavy (non-hydrogen) atoms. The van der Waals surface area contributed by atoms with Gasteiger partial charge in [0.2, 0.25) is 0 Å². The molecule has 1 aromatic rings. The molecule has 1 fully saturated rings. The summed E-state index contributed by atoms with van der Waals surface area (Å²) in [7, 11) is 0. The number of nitrogens with zero attached hydrogens (tertiary/aromatic N) is 2. The van der Waals surface area contributed by atoms with Crippen molar-refractivity contribution in [2.75, 3.05) is 19.6 Å². The first-order valence-corrected chi connectivity index (χ1v) is 6.34. The predicted molar refractivity (Wildman–Crippen MR) is 68.2 cm³/mol. The fraction of sp³-hybridized carbons (Fsp3) is 0.500. The molecule has 0 unspecified atom stereocenters. The van der Waals surface area contributed by atoms with E-state index in [1.807, 2.05) is 6.07 Å². The van der Waals surface area contributed by atoms with Gasteiger partial charge < -0.3 is 5.73 Å². The Kier molecular flexibility index (Phi) is 4.29. The molecule has 1 heterocycles. The Balaban J connectivity index is 1.96. The maximum atomic E-state index is 13.2. The van der Waals surface area contributed by atoms with E-state index in [9.17, 15) is 4.39 Å². The molecule has 0 bridgehead atoms. The Hall–Kier alpha value is -1.44. The van der Waals surface area contributed by atoms with Crippen LogP contribution >= 0.6 is 0 Å². The number of hydrogen-bond donors (Lipinski definition) is 1. The number of likely N-dealkylation sites (tertiary alicyclic amines) is 1. The molecule has 1 aliphatic rings. The molecule has 0 aromatic heterocycles. The van der Waals surface area contributed by atoms with E-state index >= 15 is 0 Å². The van der Waals surface area contributed by atoms with Crippen molar-refractivity contribution in [3.63, 3.8) is 0 Å². The normalized spacial score (nSPS) is 17.6. The van der Waals surface area contributed by atoms with Crippen molar-refractivity contribution in [3.8, 4) is 6.07 Å². The number of hydrogen-bond acceptors (Lipinski definition) is 3. The first kappa shape index (κ1) is 13.0. The minimum absolute atomic E-state index is 0.129. The van der Waals surface area contributed by atoms with Gasteiger partial charge in [-0.1, -0.05) is 6.07 Å². The molecule has 0 spiro atoms. The van der Waals surface area contributed by atoms with Crippen LogP contribution in [0, 0.1) is 23.1 Å². The lowest BCUT2D eigenvalue weighted by atomic mass is 9.97. The Morgan fingerprint density at radius 3 is 2.72 bits per heavy atom. The van der Waals surface area contributed by atoms with Gasteiger partial charge in [-0.2, -0.15) is 5.26 Å². The van der Waals surface area contributed by atoms with Crippen molar-refractivity contribution in [2.24, 2.45) is 11.7 Å². The summed E-state index contributed by atoms with van der Waals surface area (Å²) in [5.41, 5.74) is 6.79. The second-order valence-electron chi connectivity index (χ2n) is 4.88. The summed E-state index contributed by atoms with van der Waals surface area (Å²) in [6.07, 6.45) is 2.26. The number of rotatable bonds is 3. The zero-order valence-corrected chi connectivity index (χ0v) is 10.4. The number of nitrogens with two attached hydrogens (primary N) is 1. The highest BCUT2D eigenvalue weighted by atomic mass is 19.1. The van der Waals surface area contributed by atoms with Gasteiger partial charge in [0.05, 0.1) is 5.56 Å². The molecule has 0 radical (unpaired) electrons. The highest BCUT2D eigenvalue weighted by Gasteiger charge is 2.18. The van der Waals surface area contributed by atoms with Crippen molar-refractivity contribution in [2.45, 2.75) is 19.4 Å². The Labute approximate surface area is 107 Å². The van der Waals surface area contributed by atoms with E-state index in [1.54, 1.807) is 12.1 Å². The maximum absolute atomic E-state index is 13.2. The highest BCUT2D eigenvalue weighted by Crippen LogP contribution is 2.18. The van der Waals surface area contributed by atoms with Gasteiger partial charge in [-0.25, -0.2) is 4.39 Å². The Bertz CT molecular complexity index is 445. The molecule has 1 aromatic carbocycles.